The van der Waals surface area contributed by atoms with Crippen molar-refractivity contribution < 1.29 is 4.74 Å². The van der Waals surface area contributed by atoms with Gasteiger partial charge in [0.1, 0.15) is 0 Å². The van der Waals surface area contributed by atoms with Crippen LogP contribution in [0.5, 0.6) is 0 Å². The number of likely N-dealkylation sites (N-methyl/N-ethyl adjacent to an activating group) is 1. The third-order valence-electron chi connectivity index (χ3n) is 2.64. The lowest BCUT2D eigenvalue weighted by atomic mass is 10.1. The summed E-state index contributed by atoms with van der Waals surface area (Å²) in [4.78, 5) is 3.26. The molecule has 0 saturated carbocycles. The lowest BCUT2D eigenvalue weighted by Crippen LogP contribution is -2.45. The molecule has 0 aromatic carbocycles. The molecule has 15 heavy (non-hydrogen) atoms. The van der Waals surface area contributed by atoms with Gasteiger partial charge in [-0.15, -0.1) is 11.3 Å². The van der Waals surface area contributed by atoms with Gasteiger partial charge in [0.2, 0.25) is 0 Å². The molecule has 2 unspecified atom stereocenters. The predicted molar refractivity (Wildman–Crippen MR) is 63.5 cm³/mol. The number of rotatable bonds is 2. The van der Waals surface area contributed by atoms with E-state index in [1.807, 2.05) is 11.4 Å². The van der Waals surface area contributed by atoms with Crippen LogP contribution in [0.3, 0.4) is 0 Å². The molecule has 2 heterocycles. The first-order valence-corrected chi connectivity index (χ1v) is 6.23. The van der Waals surface area contributed by atoms with Gasteiger partial charge in [0.25, 0.3) is 0 Å². The van der Waals surface area contributed by atoms with Gasteiger partial charge in [-0.2, -0.15) is 0 Å². The lowest BCUT2D eigenvalue weighted by molar-refractivity contribution is -0.0320. The number of hydrogen-bond donors (Lipinski definition) is 1. The zero-order valence-corrected chi connectivity index (χ0v) is 10.2. The van der Waals surface area contributed by atoms with Crippen molar-refractivity contribution in [1.29, 1.82) is 0 Å². The minimum atomic E-state index is -0.111. The van der Waals surface area contributed by atoms with Crippen LogP contribution in [0.15, 0.2) is 11.4 Å². The third kappa shape index (κ3) is 2.52. The molecule has 2 rings (SSSR count). The molecule has 1 aromatic heterocycles. The molecule has 0 bridgehead atoms. The van der Waals surface area contributed by atoms with Crippen molar-refractivity contribution in [2.75, 3.05) is 26.7 Å². The van der Waals surface area contributed by atoms with Gasteiger partial charge in [0.15, 0.2) is 0 Å². The summed E-state index contributed by atoms with van der Waals surface area (Å²) in [6.45, 7) is 2.59. The van der Waals surface area contributed by atoms with Gasteiger partial charge >= 0.3 is 0 Å². The van der Waals surface area contributed by atoms with Crippen LogP contribution in [0.1, 0.15) is 10.9 Å². The first-order valence-electron chi connectivity index (χ1n) is 4.97. The molecule has 0 radical (unpaired) electrons. The topological polar surface area (TPSA) is 38.5 Å². The summed E-state index contributed by atoms with van der Waals surface area (Å²) in [6.07, 6.45) is 0.0555. The van der Waals surface area contributed by atoms with E-state index in [-0.39, 0.29) is 12.1 Å². The molecule has 84 valence electrons. The van der Waals surface area contributed by atoms with Gasteiger partial charge in [-0.1, -0.05) is 11.6 Å². The minimum Gasteiger partial charge on any atom is -0.374 e. The Morgan fingerprint density at radius 3 is 3.13 bits per heavy atom. The summed E-state index contributed by atoms with van der Waals surface area (Å²) in [5.74, 6) is 0. The number of halogens is 1. The Morgan fingerprint density at radius 1 is 1.73 bits per heavy atom. The summed E-state index contributed by atoms with van der Waals surface area (Å²) >= 11 is 7.65. The van der Waals surface area contributed by atoms with E-state index in [1.54, 1.807) is 11.3 Å². The third-order valence-corrected chi connectivity index (χ3v) is 4.10. The SMILES string of the molecule is CN1CCOC(C(N)c2sccc2Cl)C1. The van der Waals surface area contributed by atoms with Crippen molar-refractivity contribution in [3.05, 3.63) is 21.3 Å². The Bertz CT molecular complexity index is 331. The summed E-state index contributed by atoms with van der Waals surface area (Å²) in [5, 5.41) is 2.72. The van der Waals surface area contributed by atoms with Crippen LogP contribution in [0.25, 0.3) is 0 Å². The monoisotopic (exact) mass is 246 g/mol. The molecule has 5 heteroatoms. The average molecular weight is 247 g/mol. The Hall–Kier alpha value is -0.130. The molecule has 1 aliphatic rings. The van der Waals surface area contributed by atoms with Crippen LogP contribution in [0.4, 0.5) is 0 Å². The number of nitrogens with two attached hydrogens (primary N) is 1. The second-order valence-corrected chi connectivity index (χ2v) is 5.18. The zero-order chi connectivity index (χ0) is 10.8. The van der Waals surface area contributed by atoms with Crippen molar-refractivity contribution in [3.8, 4) is 0 Å². The van der Waals surface area contributed by atoms with Gasteiger partial charge in [0.05, 0.1) is 23.8 Å². The van der Waals surface area contributed by atoms with E-state index in [1.165, 1.54) is 0 Å². The Kier molecular flexibility index (Phi) is 3.64. The normalized spacial score (nSPS) is 25.4. The van der Waals surface area contributed by atoms with Crippen molar-refractivity contribution in [2.24, 2.45) is 5.73 Å². The summed E-state index contributed by atoms with van der Waals surface area (Å²) in [5.41, 5.74) is 6.15. The molecular formula is C10H15ClN2OS. The number of thiophene rings is 1. The number of ether oxygens (including phenoxy) is 1. The number of nitrogens with zero attached hydrogens (tertiary/aromatic N) is 1. The van der Waals surface area contributed by atoms with Crippen molar-refractivity contribution in [1.82, 2.24) is 4.90 Å². The molecule has 1 fully saturated rings. The second-order valence-electron chi connectivity index (χ2n) is 3.83. The van der Waals surface area contributed by atoms with E-state index in [9.17, 15) is 0 Å². The largest absolute Gasteiger partial charge is 0.374 e. The molecule has 0 spiro atoms. The molecule has 2 atom stereocenters. The first kappa shape index (κ1) is 11.4. The van der Waals surface area contributed by atoms with E-state index in [2.05, 4.69) is 11.9 Å². The van der Waals surface area contributed by atoms with Gasteiger partial charge in [-0.05, 0) is 18.5 Å². The van der Waals surface area contributed by atoms with E-state index in [4.69, 9.17) is 22.1 Å². The highest BCUT2D eigenvalue weighted by Crippen LogP contribution is 2.30. The van der Waals surface area contributed by atoms with Crippen LogP contribution in [0.2, 0.25) is 5.02 Å². The lowest BCUT2D eigenvalue weighted by Gasteiger charge is -2.33. The Balaban J connectivity index is 2.07. The zero-order valence-electron chi connectivity index (χ0n) is 8.65. The van der Waals surface area contributed by atoms with Crippen LogP contribution in [0, 0.1) is 0 Å². The van der Waals surface area contributed by atoms with Gasteiger partial charge in [0, 0.05) is 18.0 Å². The highest BCUT2D eigenvalue weighted by molar-refractivity contribution is 7.10. The Morgan fingerprint density at radius 2 is 2.53 bits per heavy atom. The van der Waals surface area contributed by atoms with Crippen LogP contribution in [-0.4, -0.2) is 37.7 Å². The van der Waals surface area contributed by atoms with Crippen molar-refractivity contribution >= 4 is 22.9 Å². The van der Waals surface area contributed by atoms with E-state index in [0.29, 0.717) is 0 Å². The molecule has 0 amide bonds. The minimum absolute atomic E-state index is 0.0555. The standard InChI is InChI=1S/C10H15ClN2OS/c1-13-3-4-14-8(6-13)9(12)10-7(11)2-5-15-10/h2,5,8-9H,3-4,6,12H2,1H3. The molecular weight excluding hydrogens is 232 g/mol. The molecule has 1 saturated heterocycles. The number of hydrogen-bond acceptors (Lipinski definition) is 4. The summed E-state index contributed by atoms with van der Waals surface area (Å²) in [7, 11) is 2.08. The molecule has 2 N–H and O–H groups in total. The van der Waals surface area contributed by atoms with Crippen molar-refractivity contribution in [3.63, 3.8) is 0 Å². The highest BCUT2D eigenvalue weighted by Gasteiger charge is 2.27. The molecule has 0 aliphatic carbocycles. The summed E-state index contributed by atoms with van der Waals surface area (Å²) in [6, 6.07) is 1.77. The highest BCUT2D eigenvalue weighted by atomic mass is 35.5. The van der Waals surface area contributed by atoms with Crippen LogP contribution in [-0.2, 0) is 4.74 Å². The number of morpholine rings is 1. The van der Waals surface area contributed by atoms with Crippen molar-refractivity contribution in [2.45, 2.75) is 12.1 Å². The fourth-order valence-corrected chi connectivity index (χ4v) is 2.98. The Labute approximate surface area is 98.8 Å². The first-order chi connectivity index (χ1) is 7.18. The average Bonchev–Trinajstić information content (AvgIpc) is 2.63. The fraction of sp³-hybridized carbons (Fsp3) is 0.600. The van der Waals surface area contributed by atoms with E-state index >= 15 is 0 Å². The maximum absolute atomic E-state index is 6.15. The predicted octanol–water partition coefficient (Wildman–Crippen LogP) is 1.73. The van der Waals surface area contributed by atoms with E-state index in [0.717, 1.165) is 29.6 Å². The van der Waals surface area contributed by atoms with Gasteiger partial charge in [-0.3, -0.25) is 0 Å². The van der Waals surface area contributed by atoms with E-state index < -0.39 is 0 Å². The molecule has 1 aliphatic heterocycles. The van der Waals surface area contributed by atoms with Crippen LogP contribution >= 0.6 is 22.9 Å². The smallest absolute Gasteiger partial charge is 0.0903 e. The van der Waals surface area contributed by atoms with Gasteiger partial charge < -0.3 is 15.4 Å². The maximum Gasteiger partial charge on any atom is 0.0903 e. The van der Waals surface area contributed by atoms with Gasteiger partial charge in [-0.25, -0.2) is 0 Å². The molecule has 1 aromatic rings. The van der Waals surface area contributed by atoms with Crippen LogP contribution < -0.4 is 5.73 Å². The second kappa shape index (κ2) is 4.80. The summed E-state index contributed by atoms with van der Waals surface area (Å²) < 4.78 is 5.67. The molecule has 3 nitrogen and oxygen atoms in total. The quantitative estimate of drug-likeness (QED) is 0.864. The fourth-order valence-electron chi connectivity index (χ4n) is 1.74. The maximum atomic E-state index is 6.15.